The van der Waals surface area contributed by atoms with Crippen molar-refractivity contribution < 1.29 is 54.8 Å². The van der Waals surface area contributed by atoms with Crippen LogP contribution in [0.5, 0.6) is 23.4 Å². The topological polar surface area (TPSA) is 149 Å². The first-order valence-electron chi connectivity index (χ1n) is 24.2. The molecule has 10 rings (SSSR count). The zero-order valence-corrected chi connectivity index (χ0v) is 41.9. The third-order valence-electron chi connectivity index (χ3n) is 14.4. The minimum atomic E-state index is -5.04. The van der Waals surface area contributed by atoms with E-state index in [9.17, 15) is 13.6 Å². The quantitative estimate of drug-likeness (QED) is 0.103. The van der Waals surface area contributed by atoms with Crippen molar-refractivity contribution in [2.75, 3.05) is 62.2 Å². The van der Waals surface area contributed by atoms with Crippen LogP contribution in [0.3, 0.4) is 0 Å². The minimum Gasteiger partial charge on any atom is -0.497 e. The zero-order valence-electron chi connectivity index (χ0n) is 41.9. The van der Waals surface area contributed by atoms with Crippen LogP contribution in [0.1, 0.15) is 80.9 Å². The van der Waals surface area contributed by atoms with Crippen LogP contribution in [0.2, 0.25) is 0 Å². The van der Waals surface area contributed by atoms with E-state index in [1.807, 2.05) is 29.2 Å². The Bertz CT molecular complexity index is 3070. The molecule has 4 aromatic heterocycles. The second-order valence-corrected chi connectivity index (χ2v) is 20.5. The molecule has 0 unspecified atom stereocenters. The van der Waals surface area contributed by atoms with Gasteiger partial charge >= 0.3 is 18.3 Å². The number of ether oxygens (including phenoxy) is 5. The van der Waals surface area contributed by atoms with E-state index in [-0.39, 0.29) is 87.0 Å². The van der Waals surface area contributed by atoms with Crippen molar-refractivity contribution >= 4 is 34.4 Å². The molecule has 3 fully saturated rings. The second-order valence-electron chi connectivity index (χ2n) is 20.5. The number of hydrogen-bond acceptors (Lipinski definition) is 14. The molecular formula is C53H55F6N9O6. The highest BCUT2D eigenvalue weighted by Gasteiger charge is 2.78. The third-order valence-corrected chi connectivity index (χ3v) is 14.4. The lowest BCUT2D eigenvalue weighted by Crippen LogP contribution is -2.59. The molecule has 3 atom stereocenters. The average molecular weight is 1030 g/mol. The number of methoxy groups -OCH3 is 2. The molecule has 0 radical (unpaired) electrons. The Morgan fingerprint density at radius 3 is 2.16 bits per heavy atom. The Morgan fingerprint density at radius 1 is 0.919 bits per heavy atom. The Kier molecular flexibility index (Phi) is 12.7. The Labute approximate surface area is 423 Å². The molecule has 74 heavy (non-hydrogen) atoms. The van der Waals surface area contributed by atoms with Crippen LogP contribution >= 0.6 is 0 Å². The monoisotopic (exact) mass is 1030 g/mol. The van der Waals surface area contributed by atoms with E-state index >= 15 is 17.6 Å². The summed E-state index contributed by atoms with van der Waals surface area (Å²) in [7, 11) is 3.08. The maximum Gasteiger partial charge on any atom is 0.418 e. The summed E-state index contributed by atoms with van der Waals surface area (Å²) in [6, 6.07) is 17.9. The summed E-state index contributed by atoms with van der Waals surface area (Å²) in [6.45, 7) is 9.16. The van der Waals surface area contributed by atoms with Crippen molar-refractivity contribution in [3.63, 3.8) is 0 Å². The number of amides is 1. The van der Waals surface area contributed by atoms with Crippen LogP contribution in [-0.4, -0.2) is 100 Å². The van der Waals surface area contributed by atoms with Gasteiger partial charge in [0.2, 0.25) is 5.88 Å². The summed E-state index contributed by atoms with van der Waals surface area (Å²) >= 11 is 0. The standard InChI is InChI=1S/C53H55F6N9O6/c1-30-40(53(57,58)59)37(23-38(61-30)66(24-32-10-14-34(70-6)15-11-32)25-33-12-16-35(71-7)17-13-33)42-41(54)43-39-45(65-47(63-43)73-29-51-18-20-67(51)28-50(26-51)27-52(50,55)56)68(21-22-72-46(39)62-42)31(2)36-9-8-19-60-44(36)64-48(69)74-49(3,4)5/h8-17,19,23,31H,18,20-22,24-29H2,1-7H3,(H,60,64,69)/t31-,50-,51+/m1/s1. The van der Waals surface area contributed by atoms with E-state index in [1.165, 1.54) is 33.4 Å². The third kappa shape index (κ3) is 9.49. The number of pyridine rings is 3. The van der Waals surface area contributed by atoms with Gasteiger partial charge in [0.15, 0.2) is 5.82 Å². The van der Waals surface area contributed by atoms with Gasteiger partial charge < -0.3 is 33.5 Å². The number of aryl methyl sites for hydroxylation is 1. The average Bonchev–Trinajstić information content (AvgIpc) is 3.89. The normalized spacial score (nSPS) is 20.3. The molecule has 1 spiro atoms. The molecule has 1 amide bonds. The fourth-order valence-corrected chi connectivity index (χ4v) is 10.5. The van der Waals surface area contributed by atoms with Crippen LogP contribution in [-0.2, 0) is 24.0 Å². The number of carbonyl (C=O) groups excluding carboxylic acids is 1. The highest BCUT2D eigenvalue weighted by atomic mass is 19.4. The molecule has 2 aromatic carbocycles. The van der Waals surface area contributed by atoms with E-state index in [0.29, 0.717) is 30.0 Å². The molecular weight excluding hydrogens is 973 g/mol. The van der Waals surface area contributed by atoms with E-state index < -0.39 is 74.6 Å². The van der Waals surface area contributed by atoms with Gasteiger partial charge in [-0.05, 0) is 95.0 Å². The largest absolute Gasteiger partial charge is 0.497 e. The lowest BCUT2D eigenvalue weighted by Gasteiger charge is -2.47. The predicted octanol–water partition coefficient (Wildman–Crippen LogP) is 10.7. The maximum absolute atomic E-state index is 18.1. The van der Waals surface area contributed by atoms with E-state index in [2.05, 4.69) is 25.3 Å². The SMILES string of the molecule is COc1ccc(CN(Cc2ccc(OC)cc2)c2cc(-c3nc4c5c(nc(OC[C@@]67CCN6C[C@]6(CC6(F)F)C7)nc5c3F)N([C@H](C)c3cccnc3NC(=O)OC(C)(C)C)CCO4)c(C(F)(F)F)c(C)n2)cc1. The molecule has 3 aliphatic heterocycles. The molecule has 1 aliphatic carbocycles. The number of nitrogens with one attached hydrogen (secondary N) is 1. The molecule has 1 saturated carbocycles. The van der Waals surface area contributed by atoms with Crippen molar-refractivity contribution in [2.45, 2.75) is 96.3 Å². The highest BCUT2D eigenvalue weighted by Crippen LogP contribution is 2.70. The van der Waals surface area contributed by atoms with Crippen molar-refractivity contribution in [1.82, 2.24) is 29.8 Å². The number of hydrogen-bond donors (Lipinski definition) is 1. The number of aromatic nitrogens is 5. The molecule has 2 saturated heterocycles. The number of fused-ring (bicyclic) bond motifs is 1. The summed E-state index contributed by atoms with van der Waals surface area (Å²) < 4.78 is 123. The van der Waals surface area contributed by atoms with Crippen molar-refractivity contribution in [3.8, 4) is 34.6 Å². The summed E-state index contributed by atoms with van der Waals surface area (Å²) in [4.78, 5) is 41.4. The van der Waals surface area contributed by atoms with Crippen molar-refractivity contribution in [2.24, 2.45) is 5.41 Å². The maximum atomic E-state index is 18.1. The fraction of sp³-hybridized carbons (Fsp3) is 0.434. The van der Waals surface area contributed by atoms with Crippen LogP contribution in [0.25, 0.3) is 22.2 Å². The smallest absolute Gasteiger partial charge is 0.418 e. The lowest BCUT2D eigenvalue weighted by molar-refractivity contribution is -0.137. The minimum absolute atomic E-state index is 0.0578. The molecule has 21 heteroatoms. The molecule has 0 bridgehead atoms. The number of carbonyl (C=O) groups is 1. The Balaban J connectivity index is 1.11. The highest BCUT2D eigenvalue weighted by molar-refractivity contribution is 5.97. The molecule has 390 valence electrons. The molecule has 1 N–H and O–H groups in total. The Morgan fingerprint density at radius 2 is 1.58 bits per heavy atom. The number of halogens is 6. The molecule has 7 heterocycles. The molecule has 15 nitrogen and oxygen atoms in total. The summed E-state index contributed by atoms with van der Waals surface area (Å²) in [5, 5.41) is 2.66. The fourth-order valence-electron chi connectivity index (χ4n) is 10.5. The van der Waals surface area contributed by atoms with Crippen LogP contribution in [0.15, 0.2) is 72.9 Å². The number of anilines is 3. The Hall–Kier alpha value is -7.16. The summed E-state index contributed by atoms with van der Waals surface area (Å²) in [5.74, 6) is -2.76. The van der Waals surface area contributed by atoms with Gasteiger partial charge in [0.25, 0.3) is 5.92 Å². The van der Waals surface area contributed by atoms with Gasteiger partial charge in [0.05, 0.1) is 49.0 Å². The van der Waals surface area contributed by atoms with Gasteiger partial charge in [-0.25, -0.2) is 32.9 Å². The lowest BCUT2D eigenvalue weighted by atomic mass is 9.83. The summed E-state index contributed by atoms with van der Waals surface area (Å²) in [6.07, 6.45) is -3.78. The molecule has 4 aliphatic rings. The summed E-state index contributed by atoms with van der Waals surface area (Å²) in [5.41, 5.74) is -4.13. The van der Waals surface area contributed by atoms with E-state index in [4.69, 9.17) is 28.7 Å². The first-order valence-corrected chi connectivity index (χ1v) is 24.2. The van der Waals surface area contributed by atoms with Crippen LogP contribution in [0, 0.1) is 18.2 Å². The number of benzene rings is 2. The van der Waals surface area contributed by atoms with E-state index in [1.54, 1.807) is 73.9 Å². The van der Waals surface area contributed by atoms with Crippen LogP contribution < -0.4 is 34.1 Å². The number of nitrogens with zero attached hydrogens (tertiary/aromatic N) is 8. The molecule has 6 aromatic rings. The van der Waals surface area contributed by atoms with Gasteiger partial charge in [0.1, 0.15) is 64.4 Å². The first kappa shape index (κ1) is 50.4. The second kappa shape index (κ2) is 18.6. The van der Waals surface area contributed by atoms with Gasteiger partial charge in [-0.3, -0.25) is 10.2 Å². The van der Waals surface area contributed by atoms with Crippen molar-refractivity contribution in [1.29, 1.82) is 0 Å². The van der Waals surface area contributed by atoms with Gasteiger partial charge in [-0.1, -0.05) is 30.3 Å². The first-order chi connectivity index (χ1) is 35.1. The number of alkyl halides is 5. The van der Waals surface area contributed by atoms with Gasteiger partial charge in [0, 0.05) is 49.9 Å². The van der Waals surface area contributed by atoms with E-state index in [0.717, 1.165) is 11.1 Å². The van der Waals surface area contributed by atoms with Crippen LogP contribution in [0.4, 0.5) is 48.6 Å². The predicted molar refractivity (Wildman–Crippen MR) is 263 cm³/mol. The van der Waals surface area contributed by atoms with Gasteiger partial charge in [-0.15, -0.1) is 0 Å². The van der Waals surface area contributed by atoms with Gasteiger partial charge in [-0.2, -0.15) is 23.1 Å². The number of rotatable bonds is 14. The van der Waals surface area contributed by atoms with Crippen molar-refractivity contribution in [3.05, 3.63) is 107 Å². The zero-order chi connectivity index (χ0) is 52.5.